The van der Waals surface area contributed by atoms with Crippen LogP contribution in [0.4, 0.5) is 4.39 Å². The van der Waals surface area contributed by atoms with Crippen molar-refractivity contribution in [1.82, 2.24) is 5.32 Å². The zero-order chi connectivity index (χ0) is 5.70. The van der Waals surface area contributed by atoms with Crippen molar-refractivity contribution >= 4 is 0 Å². The summed E-state index contributed by atoms with van der Waals surface area (Å²) in [6.45, 7) is -0.487. The van der Waals surface area contributed by atoms with Gasteiger partial charge in [-0.15, -0.1) is 0 Å². The Morgan fingerprint density at radius 1 is 1.75 bits per heavy atom. The molecule has 0 rings (SSSR count). The summed E-state index contributed by atoms with van der Waals surface area (Å²) in [7, 11) is 3.20. The predicted octanol–water partition coefficient (Wildman–Crippen LogP) is -0.305. The van der Waals surface area contributed by atoms with Crippen LogP contribution in [0.15, 0.2) is 0 Å². The van der Waals surface area contributed by atoms with E-state index < -0.39 is 12.8 Å². The Hall–Kier alpha value is 0.954. The van der Waals surface area contributed by atoms with Crippen molar-refractivity contribution in [1.29, 1.82) is 0 Å². The second-order valence-electron chi connectivity index (χ2n) is 1.26. The average Bonchev–Trinajstić information content (AvgIpc) is 1.68. The Kier molecular flexibility index (Phi) is 11.6. The van der Waals surface area contributed by atoms with Crippen molar-refractivity contribution in [2.45, 2.75) is 6.10 Å². The second kappa shape index (κ2) is 7.95. The molecule has 1 radical (unpaired) electrons. The molecule has 2 N–H and O–H groups in total. The fraction of sp³-hybridized carbons (Fsp3) is 0.750. The van der Waals surface area contributed by atoms with Gasteiger partial charge < -0.3 is 10.4 Å². The Balaban J connectivity index is 0. The summed E-state index contributed by atoms with van der Waals surface area (Å²) in [6, 6.07) is 0. The van der Waals surface area contributed by atoms with E-state index in [1.54, 1.807) is 0 Å². The van der Waals surface area contributed by atoms with E-state index in [1.165, 1.54) is 0 Å². The van der Waals surface area contributed by atoms with Crippen molar-refractivity contribution in [3.63, 3.8) is 0 Å². The smallest absolute Gasteiger partial charge is 0.116 e. The van der Waals surface area contributed by atoms with E-state index >= 15 is 0 Å². The van der Waals surface area contributed by atoms with Gasteiger partial charge in [0.15, 0.2) is 0 Å². The number of alkyl halides is 1. The molecule has 0 aromatic carbocycles. The maximum absolute atomic E-state index is 11.3. The third kappa shape index (κ3) is 6.95. The summed E-state index contributed by atoms with van der Waals surface area (Å²) in [5.74, 6) is 0. The first-order valence-electron chi connectivity index (χ1n) is 2.05. The molecular formula is C4H9FNOY-. The zero-order valence-corrected chi connectivity index (χ0v) is 7.44. The first-order chi connectivity index (χ1) is 3.31. The average molecular weight is 195 g/mol. The van der Waals surface area contributed by atoms with E-state index in [1.807, 2.05) is 0 Å². The van der Waals surface area contributed by atoms with Gasteiger partial charge >= 0.3 is 0 Å². The van der Waals surface area contributed by atoms with Crippen molar-refractivity contribution < 1.29 is 42.2 Å². The van der Waals surface area contributed by atoms with Crippen LogP contribution in [0, 0.1) is 7.05 Å². The van der Waals surface area contributed by atoms with Crippen LogP contribution in [0.2, 0.25) is 0 Å². The van der Waals surface area contributed by atoms with Gasteiger partial charge in [0.05, 0.1) is 6.10 Å². The summed E-state index contributed by atoms with van der Waals surface area (Å²) in [5.41, 5.74) is 0. The molecule has 0 aromatic rings. The van der Waals surface area contributed by atoms with Crippen LogP contribution in [-0.4, -0.2) is 24.4 Å². The van der Waals surface area contributed by atoms with Crippen molar-refractivity contribution in [3.8, 4) is 0 Å². The minimum absolute atomic E-state index is 0. The molecule has 2 nitrogen and oxygen atoms in total. The van der Waals surface area contributed by atoms with Crippen molar-refractivity contribution in [2.24, 2.45) is 0 Å². The Bertz CT molecular complexity index is 47.0. The van der Waals surface area contributed by atoms with Gasteiger partial charge in [-0.3, -0.25) is 7.05 Å². The molecule has 0 aromatic heterocycles. The van der Waals surface area contributed by atoms with E-state index in [4.69, 9.17) is 5.11 Å². The van der Waals surface area contributed by atoms with Crippen LogP contribution in [0.3, 0.4) is 0 Å². The van der Waals surface area contributed by atoms with E-state index in [2.05, 4.69) is 12.4 Å². The van der Waals surface area contributed by atoms with E-state index in [0.29, 0.717) is 0 Å². The van der Waals surface area contributed by atoms with Gasteiger partial charge in [0.2, 0.25) is 0 Å². The van der Waals surface area contributed by atoms with Gasteiger partial charge in [0.1, 0.15) is 6.67 Å². The molecule has 0 saturated heterocycles. The molecule has 1 atom stereocenters. The monoisotopic (exact) mass is 195 g/mol. The van der Waals surface area contributed by atoms with Crippen LogP contribution in [0.25, 0.3) is 0 Å². The third-order valence-corrected chi connectivity index (χ3v) is 0.558. The largest absolute Gasteiger partial charge is 0.471 e. The molecule has 0 amide bonds. The second-order valence-corrected chi connectivity index (χ2v) is 1.26. The van der Waals surface area contributed by atoms with Gasteiger partial charge in [-0.1, -0.05) is 0 Å². The number of hydrogen-bond acceptors (Lipinski definition) is 2. The standard InChI is InChI=1S/C4H9FNO.Y/c1-6-3-4(7)2-5;/h4,6-7H,1-3H2;/q-1;. The zero-order valence-electron chi connectivity index (χ0n) is 4.60. The fourth-order valence-corrected chi connectivity index (χ4v) is 0.221. The van der Waals surface area contributed by atoms with E-state index in [9.17, 15) is 4.39 Å². The molecule has 8 heavy (non-hydrogen) atoms. The summed E-state index contributed by atoms with van der Waals surface area (Å²) in [6.07, 6.45) is -0.891. The molecule has 1 unspecified atom stereocenters. The summed E-state index contributed by atoms with van der Waals surface area (Å²) in [4.78, 5) is 0. The third-order valence-electron chi connectivity index (χ3n) is 0.558. The predicted molar refractivity (Wildman–Crippen MR) is 25.3 cm³/mol. The van der Waals surface area contributed by atoms with Crippen LogP contribution in [0.5, 0.6) is 0 Å². The Morgan fingerprint density at radius 3 is 2.38 bits per heavy atom. The van der Waals surface area contributed by atoms with Gasteiger partial charge in [-0.25, -0.2) is 4.39 Å². The molecule has 0 aliphatic carbocycles. The molecule has 0 bridgehead atoms. The normalized spacial score (nSPS) is 12.4. The molecule has 4 heteroatoms. The van der Waals surface area contributed by atoms with Gasteiger partial charge in [-0.05, 0) is 6.54 Å². The minimum Gasteiger partial charge on any atom is -0.471 e. The molecule has 47 valence electrons. The first-order valence-corrected chi connectivity index (χ1v) is 2.05. The maximum atomic E-state index is 11.3. The molecule has 0 aliphatic rings. The van der Waals surface area contributed by atoms with Crippen LogP contribution < -0.4 is 5.32 Å². The maximum Gasteiger partial charge on any atom is 0.116 e. The van der Waals surface area contributed by atoms with Crippen molar-refractivity contribution in [2.75, 3.05) is 13.2 Å². The number of aliphatic hydroxyl groups excluding tert-OH is 1. The molecule has 0 fully saturated rings. The summed E-state index contributed by atoms with van der Waals surface area (Å²) >= 11 is 0. The van der Waals surface area contributed by atoms with Crippen molar-refractivity contribution in [3.05, 3.63) is 7.05 Å². The number of aliphatic hydroxyl groups is 1. The number of hydrogen-bond donors (Lipinski definition) is 2. The van der Waals surface area contributed by atoms with E-state index in [0.717, 1.165) is 0 Å². The number of halogens is 1. The van der Waals surface area contributed by atoms with Gasteiger partial charge in [-0.2, -0.15) is 0 Å². The molecule has 0 aliphatic heterocycles. The van der Waals surface area contributed by atoms with Gasteiger partial charge in [0.25, 0.3) is 0 Å². The number of nitrogens with one attached hydrogen (secondary N) is 1. The van der Waals surface area contributed by atoms with Crippen LogP contribution >= 0.6 is 0 Å². The summed E-state index contributed by atoms with van der Waals surface area (Å²) in [5, 5.41) is 10.8. The quantitative estimate of drug-likeness (QED) is 0.605. The molecular weight excluding hydrogens is 186 g/mol. The van der Waals surface area contributed by atoms with E-state index in [-0.39, 0.29) is 39.3 Å². The van der Waals surface area contributed by atoms with Gasteiger partial charge in [0, 0.05) is 32.7 Å². The topological polar surface area (TPSA) is 32.3 Å². The molecule has 0 saturated carbocycles. The molecule has 0 heterocycles. The summed E-state index contributed by atoms with van der Waals surface area (Å²) < 4.78 is 11.3. The SMILES string of the molecule is [CH2-]NCC(O)CF.[Y]. The first kappa shape index (κ1) is 11.7. The molecule has 0 spiro atoms. The number of rotatable bonds is 3. The Labute approximate surface area is 73.7 Å². The Morgan fingerprint density at radius 2 is 2.25 bits per heavy atom. The minimum atomic E-state index is -0.891. The fourth-order valence-electron chi connectivity index (χ4n) is 0.221. The van der Waals surface area contributed by atoms with Crippen LogP contribution in [-0.2, 0) is 32.7 Å². The van der Waals surface area contributed by atoms with Crippen LogP contribution in [0.1, 0.15) is 0 Å².